The van der Waals surface area contributed by atoms with Crippen molar-refractivity contribution in [3.05, 3.63) is 36.5 Å². The number of rotatable bonds is 3. The highest BCUT2D eigenvalue weighted by Gasteiger charge is 2.62. The number of ether oxygens (including phenoxy) is 1. The summed E-state index contributed by atoms with van der Waals surface area (Å²) in [7, 11) is 1.89. The third kappa shape index (κ3) is 1.91. The minimum atomic E-state index is 0.0880. The minimum Gasteiger partial charge on any atom is -0.374 e. The summed E-state index contributed by atoms with van der Waals surface area (Å²) >= 11 is 0. The molecular formula is C16H22O. The molecule has 0 radical (unpaired) electrons. The van der Waals surface area contributed by atoms with Gasteiger partial charge in [-0.15, -0.1) is 0 Å². The average molecular weight is 230 g/mol. The van der Waals surface area contributed by atoms with E-state index < -0.39 is 0 Å². The topological polar surface area (TPSA) is 9.23 Å². The Hall–Kier alpha value is -0.820. The van der Waals surface area contributed by atoms with E-state index in [1.807, 2.05) is 7.11 Å². The molecule has 3 aliphatic carbocycles. The Bertz CT molecular complexity index is 340. The van der Waals surface area contributed by atoms with Crippen LogP contribution in [0, 0.1) is 17.8 Å². The Labute approximate surface area is 104 Å². The van der Waals surface area contributed by atoms with Gasteiger partial charge in [0.2, 0.25) is 0 Å². The summed E-state index contributed by atoms with van der Waals surface area (Å²) in [6, 6.07) is 0. The lowest BCUT2D eigenvalue weighted by Crippen LogP contribution is -2.15. The molecule has 1 unspecified atom stereocenters. The van der Waals surface area contributed by atoms with Gasteiger partial charge in [-0.1, -0.05) is 55.7 Å². The second kappa shape index (κ2) is 4.45. The molecule has 0 saturated heterocycles. The number of methoxy groups -OCH3 is 1. The lowest BCUT2D eigenvalue weighted by Gasteiger charge is -2.14. The first-order chi connectivity index (χ1) is 8.37. The molecule has 0 spiro atoms. The first-order valence-corrected chi connectivity index (χ1v) is 6.96. The summed E-state index contributed by atoms with van der Waals surface area (Å²) in [4.78, 5) is 0. The molecule has 0 aliphatic heterocycles. The molecule has 0 aromatic heterocycles. The lowest BCUT2D eigenvalue weighted by molar-refractivity contribution is 0.0908. The maximum Gasteiger partial charge on any atom is 0.0922 e. The summed E-state index contributed by atoms with van der Waals surface area (Å²) < 4.78 is 5.88. The fourth-order valence-electron chi connectivity index (χ4n) is 3.75. The zero-order valence-electron chi connectivity index (χ0n) is 10.6. The van der Waals surface area contributed by atoms with E-state index in [2.05, 4.69) is 36.5 Å². The molecular weight excluding hydrogens is 208 g/mol. The summed E-state index contributed by atoms with van der Waals surface area (Å²) in [5.41, 5.74) is 0.0880. The second-order valence-electron chi connectivity index (χ2n) is 5.61. The van der Waals surface area contributed by atoms with Crippen molar-refractivity contribution in [2.45, 2.75) is 37.7 Å². The predicted molar refractivity (Wildman–Crippen MR) is 70.7 cm³/mol. The number of hydrogen-bond acceptors (Lipinski definition) is 1. The van der Waals surface area contributed by atoms with Gasteiger partial charge in [0.25, 0.3) is 0 Å². The number of allylic oxidation sites excluding steroid dienone is 5. The Balaban J connectivity index is 1.71. The average Bonchev–Trinajstić information content (AvgIpc) is 2.75. The first-order valence-electron chi connectivity index (χ1n) is 6.96. The van der Waals surface area contributed by atoms with Crippen LogP contribution in [-0.2, 0) is 4.74 Å². The maximum atomic E-state index is 5.88. The summed E-state index contributed by atoms with van der Waals surface area (Å²) in [6.07, 6.45) is 20.3. The minimum absolute atomic E-state index is 0.0880. The molecule has 0 heterocycles. The van der Waals surface area contributed by atoms with Crippen LogP contribution in [0.15, 0.2) is 36.5 Å². The molecule has 0 bridgehead atoms. The van der Waals surface area contributed by atoms with E-state index >= 15 is 0 Å². The Kier molecular flexibility index (Phi) is 2.96. The lowest BCUT2D eigenvalue weighted by atomic mass is 10.0. The first kappa shape index (κ1) is 11.3. The third-order valence-electron chi connectivity index (χ3n) is 4.78. The van der Waals surface area contributed by atoms with Crippen LogP contribution in [0.4, 0.5) is 0 Å². The van der Waals surface area contributed by atoms with Crippen LogP contribution in [0.5, 0.6) is 0 Å². The standard InChI is InChI=1S/C16H22O/c1-17-16(12-11-13-7-5-6-8-13)14-9-3-2-4-10-15(14)16/h5-8,11-15H,2-4,9-10H2,1H3/b12-11+/t14-,15+,16?. The van der Waals surface area contributed by atoms with Crippen molar-refractivity contribution in [3.8, 4) is 0 Å². The van der Waals surface area contributed by atoms with Gasteiger partial charge < -0.3 is 4.74 Å². The Morgan fingerprint density at radius 1 is 1.06 bits per heavy atom. The molecule has 17 heavy (non-hydrogen) atoms. The van der Waals surface area contributed by atoms with Crippen LogP contribution < -0.4 is 0 Å². The Morgan fingerprint density at radius 3 is 2.29 bits per heavy atom. The monoisotopic (exact) mass is 230 g/mol. The molecule has 0 aromatic rings. The molecule has 2 fully saturated rings. The highest BCUT2D eigenvalue weighted by atomic mass is 16.5. The normalized spacial score (nSPS) is 40.8. The van der Waals surface area contributed by atoms with Gasteiger partial charge in [0, 0.05) is 13.0 Å². The van der Waals surface area contributed by atoms with E-state index in [1.165, 1.54) is 32.1 Å². The van der Waals surface area contributed by atoms with E-state index in [4.69, 9.17) is 4.74 Å². The Morgan fingerprint density at radius 2 is 1.71 bits per heavy atom. The third-order valence-corrected chi connectivity index (χ3v) is 4.78. The molecule has 3 rings (SSSR count). The predicted octanol–water partition coefficient (Wildman–Crippen LogP) is 3.88. The van der Waals surface area contributed by atoms with Crippen molar-refractivity contribution in [1.29, 1.82) is 0 Å². The van der Waals surface area contributed by atoms with Gasteiger partial charge in [-0.05, 0) is 24.7 Å². The van der Waals surface area contributed by atoms with Gasteiger partial charge in [-0.2, -0.15) is 0 Å². The zero-order chi connectivity index (χ0) is 11.7. The molecule has 1 heteroatoms. The van der Waals surface area contributed by atoms with Gasteiger partial charge in [0.1, 0.15) is 0 Å². The number of hydrogen-bond donors (Lipinski definition) is 0. The quantitative estimate of drug-likeness (QED) is 0.669. The highest BCUT2D eigenvalue weighted by molar-refractivity contribution is 5.29. The van der Waals surface area contributed by atoms with Crippen molar-refractivity contribution in [2.75, 3.05) is 7.11 Å². The van der Waals surface area contributed by atoms with E-state index in [0.717, 1.165) is 11.8 Å². The van der Waals surface area contributed by atoms with Gasteiger partial charge in [0.15, 0.2) is 0 Å². The summed E-state index contributed by atoms with van der Waals surface area (Å²) in [5, 5.41) is 0. The van der Waals surface area contributed by atoms with E-state index in [9.17, 15) is 0 Å². The summed E-state index contributed by atoms with van der Waals surface area (Å²) in [6.45, 7) is 0. The van der Waals surface area contributed by atoms with E-state index in [1.54, 1.807) is 0 Å². The van der Waals surface area contributed by atoms with Crippen LogP contribution in [0.2, 0.25) is 0 Å². The van der Waals surface area contributed by atoms with Crippen LogP contribution in [-0.4, -0.2) is 12.7 Å². The molecule has 3 aliphatic rings. The van der Waals surface area contributed by atoms with Gasteiger partial charge >= 0.3 is 0 Å². The van der Waals surface area contributed by atoms with Crippen molar-refractivity contribution in [1.82, 2.24) is 0 Å². The van der Waals surface area contributed by atoms with Crippen LogP contribution in [0.3, 0.4) is 0 Å². The molecule has 0 N–H and O–H groups in total. The van der Waals surface area contributed by atoms with Crippen LogP contribution in [0.1, 0.15) is 32.1 Å². The maximum absolute atomic E-state index is 5.88. The largest absolute Gasteiger partial charge is 0.374 e. The van der Waals surface area contributed by atoms with Crippen LogP contribution >= 0.6 is 0 Å². The van der Waals surface area contributed by atoms with Gasteiger partial charge in [-0.25, -0.2) is 0 Å². The highest BCUT2D eigenvalue weighted by Crippen LogP contribution is 2.60. The smallest absolute Gasteiger partial charge is 0.0922 e. The molecule has 92 valence electrons. The van der Waals surface area contributed by atoms with Crippen molar-refractivity contribution in [2.24, 2.45) is 17.8 Å². The zero-order valence-corrected chi connectivity index (χ0v) is 10.6. The fraction of sp³-hybridized carbons (Fsp3) is 0.625. The van der Waals surface area contributed by atoms with E-state index in [-0.39, 0.29) is 5.60 Å². The SMILES string of the molecule is COC1(/C=C/C2C=CC=C2)[C@@H]2CCCCC[C@@H]21. The second-order valence-corrected chi connectivity index (χ2v) is 5.61. The van der Waals surface area contributed by atoms with E-state index in [0.29, 0.717) is 5.92 Å². The fourth-order valence-corrected chi connectivity index (χ4v) is 3.75. The molecule has 3 atom stereocenters. The molecule has 1 nitrogen and oxygen atoms in total. The van der Waals surface area contributed by atoms with Crippen molar-refractivity contribution < 1.29 is 4.74 Å². The van der Waals surface area contributed by atoms with Gasteiger partial charge in [-0.3, -0.25) is 0 Å². The summed E-state index contributed by atoms with van der Waals surface area (Å²) in [5.74, 6) is 2.08. The van der Waals surface area contributed by atoms with Gasteiger partial charge in [0.05, 0.1) is 5.60 Å². The van der Waals surface area contributed by atoms with Crippen molar-refractivity contribution >= 4 is 0 Å². The molecule has 2 saturated carbocycles. The molecule has 0 aromatic carbocycles. The number of fused-ring (bicyclic) bond motifs is 1. The van der Waals surface area contributed by atoms with Crippen molar-refractivity contribution in [3.63, 3.8) is 0 Å². The molecule has 0 amide bonds. The van der Waals surface area contributed by atoms with Crippen LogP contribution in [0.25, 0.3) is 0 Å².